The van der Waals surface area contributed by atoms with Crippen molar-refractivity contribution in [1.29, 1.82) is 0 Å². The summed E-state index contributed by atoms with van der Waals surface area (Å²) in [6, 6.07) is 7.83. The van der Waals surface area contributed by atoms with Crippen LogP contribution in [0.25, 0.3) is 0 Å². The van der Waals surface area contributed by atoms with Gasteiger partial charge in [-0.15, -0.1) is 0 Å². The maximum atomic E-state index is 5.94. The van der Waals surface area contributed by atoms with Crippen molar-refractivity contribution < 1.29 is 4.74 Å². The summed E-state index contributed by atoms with van der Waals surface area (Å²) in [6.45, 7) is 5.64. The molecule has 0 aliphatic rings. The van der Waals surface area contributed by atoms with Crippen molar-refractivity contribution in [1.82, 2.24) is 15.0 Å². The fourth-order valence-corrected chi connectivity index (χ4v) is 2.31. The quantitative estimate of drug-likeness (QED) is 0.710. The second-order valence-corrected chi connectivity index (χ2v) is 5.50. The van der Waals surface area contributed by atoms with E-state index in [0.29, 0.717) is 11.7 Å². The third kappa shape index (κ3) is 3.92. The van der Waals surface area contributed by atoms with Gasteiger partial charge in [-0.1, -0.05) is 6.07 Å². The molecule has 0 amide bonds. The van der Waals surface area contributed by atoms with Gasteiger partial charge in [-0.2, -0.15) is 15.0 Å². The lowest BCUT2D eigenvalue weighted by Gasteiger charge is -2.18. The first kappa shape index (κ1) is 15.2. The number of hydrogen-bond acceptors (Lipinski definition) is 5. The van der Waals surface area contributed by atoms with Crippen LogP contribution in [0, 0.1) is 3.57 Å². The molecule has 1 heterocycles. The third-order valence-corrected chi connectivity index (χ3v) is 3.47. The number of benzene rings is 1. The molecule has 1 aromatic carbocycles. The van der Waals surface area contributed by atoms with Crippen molar-refractivity contribution in [2.24, 2.45) is 0 Å². The van der Waals surface area contributed by atoms with Gasteiger partial charge in [0.05, 0.1) is 0 Å². The van der Waals surface area contributed by atoms with Crippen LogP contribution in [-0.2, 0) is 0 Å². The second-order valence-electron chi connectivity index (χ2n) is 3.92. The molecule has 0 fully saturated rings. The molecule has 7 heteroatoms. The van der Waals surface area contributed by atoms with Crippen molar-refractivity contribution in [3.05, 3.63) is 33.1 Å². The lowest BCUT2D eigenvalue weighted by atomic mass is 10.3. The molecule has 2 aromatic rings. The SMILES string of the molecule is CCN(CC)c1nc(Cl)nc(Oc2cccc(I)c2)n1. The van der Waals surface area contributed by atoms with E-state index in [1.807, 2.05) is 43.0 Å². The highest BCUT2D eigenvalue weighted by atomic mass is 127. The summed E-state index contributed by atoms with van der Waals surface area (Å²) >= 11 is 8.15. The number of ether oxygens (including phenoxy) is 1. The largest absolute Gasteiger partial charge is 0.424 e. The van der Waals surface area contributed by atoms with Crippen molar-refractivity contribution in [2.75, 3.05) is 18.0 Å². The van der Waals surface area contributed by atoms with Crippen LogP contribution in [0.5, 0.6) is 11.8 Å². The number of hydrogen-bond donors (Lipinski definition) is 0. The Kier molecular flexibility index (Phi) is 5.36. The van der Waals surface area contributed by atoms with E-state index in [2.05, 4.69) is 37.5 Å². The van der Waals surface area contributed by atoms with Crippen molar-refractivity contribution in [3.8, 4) is 11.8 Å². The van der Waals surface area contributed by atoms with Gasteiger partial charge in [-0.3, -0.25) is 0 Å². The fourth-order valence-electron chi connectivity index (χ4n) is 1.65. The Morgan fingerprint density at radius 1 is 1.20 bits per heavy atom. The average molecular weight is 405 g/mol. The molecule has 0 saturated heterocycles. The molecular formula is C13H14ClIN4O. The molecule has 0 saturated carbocycles. The van der Waals surface area contributed by atoms with E-state index >= 15 is 0 Å². The molecule has 0 atom stereocenters. The van der Waals surface area contributed by atoms with E-state index in [-0.39, 0.29) is 11.3 Å². The van der Waals surface area contributed by atoms with Crippen LogP contribution in [0.4, 0.5) is 5.95 Å². The summed E-state index contributed by atoms with van der Waals surface area (Å²) < 4.78 is 6.72. The molecule has 106 valence electrons. The van der Waals surface area contributed by atoms with Crippen molar-refractivity contribution in [2.45, 2.75) is 13.8 Å². The summed E-state index contributed by atoms with van der Waals surface area (Å²) in [4.78, 5) is 14.4. The van der Waals surface area contributed by atoms with E-state index in [1.165, 1.54) is 0 Å². The van der Waals surface area contributed by atoms with Crippen molar-refractivity contribution >= 4 is 40.1 Å². The first-order chi connectivity index (χ1) is 9.62. The Balaban J connectivity index is 2.28. The maximum absolute atomic E-state index is 5.94. The normalized spacial score (nSPS) is 10.4. The highest BCUT2D eigenvalue weighted by molar-refractivity contribution is 14.1. The minimum Gasteiger partial charge on any atom is -0.424 e. The Morgan fingerprint density at radius 3 is 2.60 bits per heavy atom. The summed E-state index contributed by atoms with van der Waals surface area (Å²) in [5, 5.41) is 0.127. The van der Waals surface area contributed by atoms with Crippen LogP contribution in [-0.4, -0.2) is 28.0 Å². The highest BCUT2D eigenvalue weighted by Crippen LogP contribution is 2.22. The van der Waals surface area contributed by atoms with E-state index in [9.17, 15) is 0 Å². The van der Waals surface area contributed by atoms with Crippen LogP contribution in [0.2, 0.25) is 5.28 Å². The predicted molar refractivity (Wildman–Crippen MR) is 87.6 cm³/mol. The molecule has 0 aliphatic carbocycles. The first-order valence-electron chi connectivity index (χ1n) is 6.22. The zero-order valence-corrected chi connectivity index (χ0v) is 14.1. The second kappa shape index (κ2) is 7.03. The average Bonchev–Trinajstić information content (AvgIpc) is 2.39. The van der Waals surface area contributed by atoms with Gasteiger partial charge in [-0.25, -0.2) is 0 Å². The number of anilines is 1. The minimum absolute atomic E-state index is 0.127. The molecular weight excluding hydrogens is 391 g/mol. The first-order valence-corrected chi connectivity index (χ1v) is 7.68. The van der Waals surface area contributed by atoms with Crippen LogP contribution in [0.15, 0.2) is 24.3 Å². The Labute approximate surface area is 136 Å². The molecule has 0 unspecified atom stereocenters. The minimum atomic E-state index is 0.127. The van der Waals surface area contributed by atoms with E-state index in [4.69, 9.17) is 16.3 Å². The van der Waals surface area contributed by atoms with Gasteiger partial charge in [0.2, 0.25) is 11.2 Å². The topological polar surface area (TPSA) is 51.1 Å². The smallest absolute Gasteiger partial charge is 0.328 e. The van der Waals surface area contributed by atoms with E-state index in [1.54, 1.807) is 0 Å². The third-order valence-electron chi connectivity index (χ3n) is 2.63. The van der Waals surface area contributed by atoms with Gasteiger partial charge < -0.3 is 9.64 Å². The van der Waals surface area contributed by atoms with E-state index < -0.39 is 0 Å². The van der Waals surface area contributed by atoms with Crippen molar-refractivity contribution in [3.63, 3.8) is 0 Å². The molecule has 20 heavy (non-hydrogen) atoms. The molecule has 0 spiro atoms. The zero-order chi connectivity index (χ0) is 14.5. The van der Waals surface area contributed by atoms with Gasteiger partial charge in [0.15, 0.2) is 0 Å². The molecule has 1 aromatic heterocycles. The van der Waals surface area contributed by atoms with Gasteiger partial charge in [0, 0.05) is 16.7 Å². The zero-order valence-electron chi connectivity index (χ0n) is 11.2. The highest BCUT2D eigenvalue weighted by Gasteiger charge is 2.11. The molecule has 0 N–H and O–H groups in total. The summed E-state index contributed by atoms with van der Waals surface area (Å²) in [5.41, 5.74) is 0. The van der Waals surface area contributed by atoms with Gasteiger partial charge in [-0.05, 0) is 66.2 Å². The number of aromatic nitrogens is 3. The Hall–Kier alpha value is -1.15. The van der Waals surface area contributed by atoms with Crippen LogP contribution in [0.3, 0.4) is 0 Å². The van der Waals surface area contributed by atoms with Gasteiger partial charge >= 0.3 is 6.01 Å². The van der Waals surface area contributed by atoms with Crippen LogP contribution < -0.4 is 9.64 Å². The lowest BCUT2D eigenvalue weighted by Crippen LogP contribution is -2.24. The monoisotopic (exact) mass is 404 g/mol. The van der Waals surface area contributed by atoms with Crippen LogP contribution in [0.1, 0.15) is 13.8 Å². The summed E-state index contributed by atoms with van der Waals surface area (Å²) in [6.07, 6.45) is 0. The number of halogens is 2. The summed E-state index contributed by atoms with van der Waals surface area (Å²) in [7, 11) is 0. The fraction of sp³-hybridized carbons (Fsp3) is 0.308. The molecule has 0 bridgehead atoms. The molecule has 0 aliphatic heterocycles. The summed E-state index contributed by atoms with van der Waals surface area (Å²) in [5.74, 6) is 1.19. The molecule has 2 rings (SSSR count). The maximum Gasteiger partial charge on any atom is 0.328 e. The van der Waals surface area contributed by atoms with E-state index in [0.717, 1.165) is 16.7 Å². The molecule has 0 radical (unpaired) electrons. The number of nitrogens with zero attached hydrogens (tertiary/aromatic N) is 4. The Bertz CT molecular complexity index is 592. The molecule has 5 nitrogen and oxygen atoms in total. The van der Waals surface area contributed by atoms with Gasteiger partial charge in [0.25, 0.3) is 0 Å². The van der Waals surface area contributed by atoms with Gasteiger partial charge in [0.1, 0.15) is 5.75 Å². The van der Waals surface area contributed by atoms with Crippen LogP contribution >= 0.6 is 34.2 Å². The number of rotatable bonds is 5. The lowest BCUT2D eigenvalue weighted by molar-refractivity contribution is 0.439. The Morgan fingerprint density at radius 2 is 1.95 bits per heavy atom. The predicted octanol–water partition coefficient (Wildman–Crippen LogP) is 3.77. The standard InChI is InChI=1S/C13H14ClIN4O/c1-3-19(4-2)12-16-11(14)17-13(18-12)20-10-7-5-6-9(15)8-10/h5-8H,3-4H2,1-2H3.